The van der Waals surface area contributed by atoms with Crippen LogP contribution in [0.2, 0.25) is 0 Å². The molecule has 0 aliphatic carbocycles. The van der Waals surface area contributed by atoms with Gasteiger partial charge in [-0.05, 0) is 38.3 Å². The fourth-order valence-corrected chi connectivity index (χ4v) is 4.37. The normalized spacial score (nSPS) is 33.0. The highest BCUT2D eigenvalue weighted by Gasteiger charge is 2.46. The second-order valence-corrected chi connectivity index (χ2v) is 7.14. The van der Waals surface area contributed by atoms with E-state index in [-0.39, 0.29) is 0 Å². The molecule has 3 aliphatic rings. The second kappa shape index (κ2) is 6.55. The minimum Gasteiger partial charge on any atom is -0.465 e. The van der Waals surface area contributed by atoms with Crippen LogP contribution in [0, 0.1) is 13.8 Å². The van der Waals surface area contributed by atoms with Gasteiger partial charge < -0.3 is 13.9 Å². The number of likely N-dealkylation sites (tertiary alicyclic amines) is 1. The summed E-state index contributed by atoms with van der Waals surface area (Å²) in [5, 5.41) is 0. The van der Waals surface area contributed by atoms with Gasteiger partial charge in [0.05, 0.1) is 31.9 Å². The van der Waals surface area contributed by atoms with E-state index in [4.69, 9.17) is 13.9 Å². The van der Waals surface area contributed by atoms with Gasteiger partial charge in [0.25, 0.3) is 0 Å². The molecule has 23 heavy (non-hydrogen) atoms. The smallest absolute Gasteiger partial charge is 0.118 e. The summed E-state index contributed by atoms with van der Waals surface area (Å²) >= 11 is 0. The van der Waals surface area contributed by atoms with Crippen LogP contribution in [0.3, 0.4) is 0 Å². The van der Waals surface area contributed by atoms with Crippen LogP contribution in [0.1, 0.15) is 29.9 Å². The molecule has 3 fully saturated rings. The lowest BCUT2D eigenvalue weighted by Crippen LogP contribution is -2.51. The van der Waals surface area contributed by atoms with Crippen molar-refractivity contribution in [1.29, 1.82) is 0 Å². The monoisotopic (exact) mass is 320 g/mol. The number of fused-ring (bicyclic) bond motifs is 1. The van der Waals surface area contributed by atoms with E-state index >= 15 is 0 Å². The van der Waals surface area contributed by atoms with Crippen molar-refractivity contribution < 1.29 is 13.9 Å². The molecule has 5 nitrogen and oxygen atoms in total. The number of aryl methyl sites for hydroxylation is 2. The third kappa shape index (κ3) is 3.07. The van der Waals surface area contributed by atoms with Gasteiger partial charge in [-0.2, -0.15) is 0 Å². The van der Waals surface area contributed by atoms with Crippen LogP contribution in [-0.4, -0.2) is 67.4 Å². The summed E-state index contributed by atoms with van der Waals surface area (Å²) in [7, 11) is 0. The van der Waals surface area contributed by atoms with Gasteiger partial charge in [-0.3, -0.25) is 9.80 Å². The molecular weight excluding hydrogens is 292 g/mol. The maximum absolute atomic E-state index is 6.21. The quantitative estimate of drug-likeness (QED) is 0.851. The molecule has 3 saturated heterocycles. The molecule has 0 saturated carbocycles. The summed E-state index contributed by atoms with van der Waals surface area (Å²) in [4.78, 5) is 5.16. The first-order valence-corrected chi connectivity index (χ1v) is 8.96. The molecule has 3 aliphatic heterocycles. The highest BCUT2D eigenvalue weighted by Crippen LogP contribution is 2.33. The van der Waals surface area contributed by atoms with Crippen LogP contribution in [0.5, 0.6) is 0 Å². The Morgan fingerprint density at radius 2 is 1.96 bits per heavy atom. The molecule has 1 aromatic heterocycles. The van der Waals surface area contributed by atoms with Crippen molar-refractivity contribution in [3.05, 3.63) is 23.2 Å². The first kappa shape index (κ1) is 15.6. The van der Waals surface area contributed by atoms with Gasteiger partial charge in [0.2, 0.25) is 0 Å². The Balaban J connectivity index is 1.50. The lowest BCUT2D eigenvalue weighted by Gasteiger charge is -2.37. The van der Waals surface area contributed by atoms with Crippen molar-refractivity contribution in [3.8, 4) is 0 Å². The Labute approximate surface area is 138 Å². The van der Waals surface area contributed by atoms with E-state index in [1.165, 1.54) is 18.4 Å². The highest BCUT2D eigenvalue weighted by atomic mass is 16.5. The third-order valence-electron chi connectivity index (χ3n) is 5.69. The van der Waals surface area contributed by atoms with Crippen LogP contribution in [0.15, 0.2) is 10.5 Å². The van der Waals surface area contributed by atoms with Crippen molar-refractivity contribution in [1.82, 2.24) is 9.80 Å². The minimum absolute atomic E-state index is 0.346. The maximum atomic E-state index is 6.21. The number of furan rings is 1. The molecule has 1 aromatic rings. The zero-order chi connectivity index (χ0) is 15.8. The van der Waals surface area contributed by atoms with Gasteiger partial charge in [-0.25, -0.2) is 0 Å². The van der Waals surface area contributed by atoms with Gasteiger partial charge in [-0.1, -0.05) is 0 Å². The number of rotatable bonds is 3. The second-order valence-electron chi connectivity index (χ2n) is 7.14. The predicted octanol–water partition coefficient (Wildman–Crippen LogP) is 1.96. The standard InChI is InChI=1S/C18H28N2O3/c1-13-10-15(23-14(13)2)11-20-12-17(19-5-8-21-9-6-19)18-16(20)4-3-7-22-18/h10,16-18H,3-9,11-12H2,1-2H3/t16?,17-,18?/m0/s1. The molecule has 128 valence electrons. The topological polar surface area (TPSA) is 38.1 Å². The van der Waals surface area contributed by atoms with Crippen molar-refractivity contribution in [2.24, 2.45) is 0 Å². The average molecular weight is 320 g/mol. The zero-order valence-corrected chi connectivity index (χ0v) is 14.3. The Hall–Kier alpha value is -0.880. The Bertz CT molecular complexity index is 519. The summed E-state index contributed by atoms with van der Waals surface area (Å²) in [6, 6.07) is 3.22. The molecular formula is C18H28N2O3. The third-order valence-corrected chi connectivity index (χ3v) is 5.69. The highest BCUT2D eigenvalue weighted by molar-refractivity contribution is 5.19. The van der Waals surface area contributed by atoms with E-state index in [0.717, 1.165) is 57.5 Å². The van der Waals surface area contributed by atoms with Crippen molar-refractivity contribution >= 4 is 0 Å². The molecule has 0 bridgehead atoms. The summed E-state index contributed by atoms with van der Waals surface area (Å²) in [5.41, 5.74) is 1.25. The van der Waals surface area contributed by atoms with Gasteiger partial charge in [-0.15, -0.1) is 0 Å². The molecule has 0 spiro atoms. The average Bonchev–Trinajstić information content (AvgIpc) is 3.09. The number of nitrogens with zero attached hydrogens (tertiary/aromatic N) is 2. The largest absolute Gasteiger partial charge is 0.465 e. The Kier molecular flexibility index (Phi) is 4.46. The van der Waals surface area contributed by atoms with Crippen molar-refractivity contribution in [2.45, 2.75) is 51.4 Å². The van der Waals surface area contributed by atoms with Crippen LogP contribution < -0.4 is 0 Å². The lowest BCUT2D eigenvalue weighted by molar-refractivity contribution is -0.0595. The molecule has 2 unspecified atom stereocenters. The summed E-state index contributed by atoms with van der Waals surface area (Å²) in [6.45, 7) is 10.8. The molecule has 4 heterocycles. The first-order chi connectivity index (χ1) is 11.2. The van der Waals surface area contributed by atoms with Gasteiger partial charge in [0.15, 0.2) is 0 Å². The van der Waals surface area contributed by atoms with Gasteiger partial charge >= 0.3 is 0 Å². The zero-order valence-electron chi connectivity index (χ0n) is 14.3. The fourth-order valence-electron chi connectivity index (χ4n) is 4.37. The van der Waals surface area contributed by atoms with Gasteiger partial charge in [0, 0.05) is 32.3 Å². The van der Waals surface area contributed by atoms with Crippen molar-refractivity contribution in [2.75, 3.05) is 39.5 Å². The Morgan fingerprint density at radius 3 is 2.70 bits per heavy atom. The van der Waals surface area contributed by atoms with Crippen LogP contribution in [0.4, 0.5) is 0 Å². The molecule has 4 rings (SSSR count). The van der Waals surface area contributed by atoms with E-state index in [1.807, 2.05) is 6.92 Å². The van der Waals surface area contributed by atoms with E-state index in [0.29, 0.717) is 18.2 Å². The maximum Gasteiger partial charge on any atom is 0.118 e. The SMILES string of the molecule is Cc1cc(CN2C[C@H](N3CCOCC3)C3OCCCC32)oc1C. The van der Waals surface area contributed by atoms with E-state index in [2.05, 4.69) is 22.8 Å². The fraction of sp³-hybridized carbons (Fsp3) is 0.778. The molecule has 3 atom stereocenters. The first-order valence-electron chi connectivity index (χ1n) is 8.96. The van der Waals surface area contributed by atoms with E-state index in [1.54, 1.807) is 0 Å². The van der Waals surface area contributed by atoms with Crippen LogP contribution in [-0.2, 0) is 16.0 Å². The van der Waals surface area contributed by atoms with Gasteiger partial charge in [0.1, 0.15) is 11.5 Å². The molecule has 0 radical (unpaired) electrons. The molecule has 0 aromatic carbocycles. The number of hydrogen-bond acceptors (Lipinski definition) is 5. The van der Waals surface area contributed by atoms with E-state index < -0.39 is 0 Å². The summed E-state index contributed by atoms with van der Waals surface area (Å²) in [6.07, 6.45) is 2.76. The lowest BCUT2D eigenvalue weighted by atomic mass is 10.00. The number of ether oxygens (including phenoxy) is 2. The number of morpholine rings is 1. The number of hydrogen-bond donors (Lipinski definition) is 0. The summed E-state index contributed by atoms with van der Waals surface area (Å²) in [5.74, 6) is 2.13. The molecule has 0 amide bonds. The van der Waals surface area contributed by atoms with Crippen LogP contribution in [0.25, 0.3) is 0 Å². The van der Waals surface area contributed by atoms with Crippen molar-refractivity contribution in [3.63, 3.8) is 0 Å². The summed E-state index contributed by atoms with van der Waals surface area (Å²) < 4.78 is 17.7. The van der Waals surface area contributed by atoms with Crippen LogP contribution >= 0.6 is 0 Å². The predicted molar refractivity (Wildman–Crippen MR) is 87.5 cm³/mol. The van der Waals surface area contributed by atoms with E-state index in [9.17, 15) is 0 Å². The Morgan fingerprint density at radius 1 is 1.13 bits per heavy atom. The molecule has 0 N–H and O–H groups in total. The minimum atomic E-state index is 0.346. The molecule has 5 heteroatoms.